The Bertz CT molecular complexity index is 615. The van der Waals surface area contributed by atoms with Gasteiger partial charge in [0.25, 0.3) is 0 Å². The van der Waals surface area contributed by atoms with Gasteiger partial charge in [-0.25, -0.2) is 0 Å². The van der Waals surface area contributed by atoms with Gasteiger partial charge in [0, 0.05) is 10.0 Å². The maximum absolute atomic E-state index is 12.1. The summed E-state index contributed by atoms with van der Waals surface area (Å²) < 4.78 is 5.36. The number of Topliss-reactive ketones (excluding diaryl/α,β-unsaturated/α-hetero) is 1. The van der Waals surface area contributed by atoms with Gasteiger partial charge >= 0.3 is 0 Å². The molecule has 0 amide bonds. The van der Waals surface area contributed by atoms with Gasteiger partial charge < -0.3 is 4.74 Å². The first-order chi connectivity index (χ1) is 9.47. The van der Waals surface area contributed by atoms with Crippen LogP contribution in [0.4, 0.5) is 0 Å². The molecule has 2 aromatic rings. The molecule has 20 heavy (non-hydrogen) atoms. The van der Waals surface area contributed by atoms with E-state index in [4.69, 9.17) is 51.1 Å². The van der Waals surface area contributed by atoms with Crippen molar-refractivity contribution in [2.45, 2.75) is 0 Å². The largest absolute Gasteiger partial charge is 0.485 e. The average molecular weight is 350 g/mol. The molecule has 2 aromatic carbocycles. The molecule has 0 N–H and O–H groups in total. The maximum atomic E-state index is 12.1. The van der Waals surface area contributed by atoms with Crippen molar-refractivity contribution in [2.75, 3.05) is 6.61 Å². The van der Waals surface area contributed by atoms with Gasteiger partial charge in [0.1, 0.15) is 5.75 Å². The van der Waals surface area contributed by atoms with E-state index in [9.17, 15) is 4.79 Å². The molecular weight excluding hydrogens is 342 g/mol. The lowest BCUT2D eigenvalue weighted by molar-refractivity contribution is 0.0922. The lowest BCUT2D eigenvalue weighted by Gasteiger charge is -2.08. The van der Waals surface area contributed by atoms with E-state index in [1.54, 1.807) is 24.3 Å². The van der Waals surface area contributed by atoms with Crippen molar-refractivity contribution in [3.8, 4) is 5.75 Å². The second-order valence-corrected chi connectivity index (χ2v) is 5.60. The summed E-state index contributed by atoms with van der Waals surface area (Å²) in [5, 5.41) is 1.36. The van der Waals surface area contributed by atoms with Crippen molar-refractivity contribution in [1.29, 1.82) is 0 Å². The van der Waals surface area contributed by atoms with Gasteiger partial charge in [-0.15, -0.1) is 0 Å². The normalized spacial score (nSPS) is 10.4. The topological polar surface area (TPSA) is 26.3 Å². The third kappa shape index (κ3) is 3.80. The van der Waals surface area contributed by atoms with Gasteiger partial charge in [0.05, 0.1) is 15.6 Å². The fourth-order valence-electron chi connectivity index (χ4n) is 1.56. The summed E-state index contributed by atoms with van der Waals surface area (Å²) in [5.74, 6) is 0.204. The zero-order valence-corrected chi connectivity index (χ0v) is 13.0. The van der Waals surface area contributed by atoms with Crippen LogP contribution in [0.25, 0.3) is 0 Å². The Morgan fingerprint density at radius 1 is 0.900 bits per heavy atom. The highest BCUT2D eigenvalue weighted by molar-refractivity contribution is 6.42. The van der Waals surface area contributed by atoms with Crippen molar-refractivity contribution in [3.63, 3.8) is 0 Å². The SMILES string of the molecule is O=C(COc1ccc(Cl)cc1)c1c(Cl)cc(Cl)cc1Cl. The fraction of sp³-hybridized carbons (Fsp3) is 0.0714. The number of ketones is 1. The Morgan fingerprint density at radius 3 is 2.00 bits per heavy atom. The zero-order valence-electron chi connectivity index (χ0n) is 10.00. The summed E-state index contributed by atoms with van der Waals surface area (Å²) in [6.45, 7) is -0.178. The number of carbonyl (C=O) groups is 1. The van der Waals surface area contributed by atoms with Gasteiger partial charge in [-0.1, -0.05) is 46.4 Å². The summed E-state index contributed by atoms with van der Waals surface area (Å²) in [6, 6.07) is 9.60. The molecule has 2 rings (SSSR count). The predicted molar refractivity (Wildman–Crippen MR) is 82.7 cm³/mol. The highest BCUT2D eigenvalue weighted by Crippen LogP contribution is 2.29. The molecule has 0 saturated carbocycles. The fourth-order valence-corrected chi connectivity index (χ4v) is 2.71. The van der Waals surface area contributed by atoms with Gasteiger partial charge in [-0.3, -0.25) is 4.79 Å². The van der Waals surface area contributed by atoms with Crippen LogP contribution in [0.3, 0.4) is 0 Å². The zero-order chi connectivity index (χ0) is 14.7. The van der Waals surface area contributed by atoms with Crippen molar-refractivity contribution in [1.82, 2.24) is 0 Å². The van der Waals surface area contributed by atoms with Gasteiger partial charge in [0.15, 0.2) is 6.61 Å². The van der Waals surface area contributed by atoms with E-state index in [1.807, 2.05) is 0 Å². The molecule has 0 saturated heterocycles. The molecule has 0 aliphatic rings. The second-order valence-electron chi connectivity index (χ2n) is 3.91. The first-order valence-electron chi connectivity index (χ1n) is 5.53. The van der Waals surface area contributed by atoms with E-state index >= 15 is 0 Å². The Morgan fingerprint density at radius 2 is 1.45 bits per heavy atom. The average Bonchev–Trinajstić information content (AvgIpc) is 2.37. The van der Waals surface area contributed by atoms with Crippen LogP contribution >= 0.6 is 46.4 Å². The number of rotatable bonds is 4. The molecule has 0 heterocycles. The van der Waals surface area contributed by atoms with Crippen molar-refractivity contribution < 1.29 is 9.53 Å². The molecular formula is C14H8Cl4O2. The molecule has 0 aliphatic carbocycles. The smallest absolute Gasteiger partial charge is 0.203 e. The molecule has 0 spiro atoms. The molecule has 0 bridgehead atoms. The second kappa shape index (κ2) is 6.68. The standard InChI is InChI=1S/C14H8Cl4O2/c15-8-1-3-10(4-2-8)20-7-13(19)14-11(17)5-9(16)6-12(14)18/h1-6H,7H2. The van der Waals surface area contributed by atoms with Gasteiger partial charge in [0.2, 0.25) is 5.78 Å². The van der Waals surface area contributed by atoms with Crippen LogP contribution in [0.2, 0.25) is 20.1 Å². The van der Waals surface area contributed by atoms with Crippen LogP contribution in [-0.2, 0) is 0 Å². The van der Waals surface area contributed by atoms with E-state index in [-0.39, 0.29) is 28.0 Å². The number of halogens is 4. The number of hydrogen-bond donors (Lipinski definition) is 0. The van der Waals surface area contributed by atoms with Gasteiger partial charge in [-0.2, -0.15) is 0 Å². The van der Waals surface area contributed by atoms with E-state index in [1.165, 1.54) is 12.1 Å². The predicted octanol–water partition coefficient (Wildman–Crippen LogP) is 5.56. The summed E-state index contributed by atoms with van der Waals surface area (Å²) in [7, 11) is 0. The highest BCUT2D eigenvalue weighted by Gasteiger charge is 2.16. The Balaban J connectivity index is 2.11. The minimum Gasteiger partial charge on any atom is -0.485 e. The summed E-state index contributed by atoms with van der Waals surface area (Å²) >= 11 is 23.5. The van der Waals surface area contributed by atoms with Crippen LogP contribution < -0.4 is 4.74 Å². The lowest BCUT2D eigenvalue weighted by Crippen LogP contribution is -2.12. The van der Waals surface area contributed by atoms with Gasteiger partial charge in [-0.05, 0) is 36.4 Å². The minimum absolute atomic E-state index is 0.178. The first-order valence-corrected chi connectivity index (χ1v) is 7.04. The van der Waals surface area contributed by atoms with Crippen molar-refractivity contribution in [2.24, 2.45) is 0 Å². The monoisotopic (exact) mass is 348 g/mol. The highest BCUT2D eigenvalue weighted by atomic mass is 35.5. The quantitative estimate of drug-likeness (QED) is 0.675. The molecule has 2 nitrogen and oxygen atoms in total. The van der Waals surface area contributed by atoms with Crippen LogP contribution in [0.5, 0.6) is 5.75 Å². The minimum atomic E-state index is -0.327. The summed E-state index contributed by atoms with van der Waals surface area (Å²) in [6.07, 6.45) is 0. The Hall–Kier alpha value is -0.930. The van der Waals surface area contributed by atoms with E-state index in [2.05, 4.69) is 0 Å². The van der Waals surface area contributed by atoms with E-state index in [0.29, 0.717) is 15.8 Å². The molecule has 6 heteroatoms. The summed E-state index contributed by atoms with van der Waals surface area (Å²) in [4.78, 5) is 12.1. The molecule has 104 valence electrons. The van der Waals surface area contributed by atoms with Crippen LogP contribution in [0.15, 0.2) is 36.4 Å². The van der Waals surface area contributed by atoms with Crippen molar-refractivity contribution in [3.05, 3.63) is 62.1 Å². The maximum Gasteiger partial charge on any atom is 0.203 e. The first kappa shape index (κ1) is 15.5. The molecule has 0 aliphatic heterocycles. The molecule has 0 atom stereocenters. The number of ether oxygens (including phenoxy) is 1. The third-order valence-electron chi connectivity index (χ3n) is 2.47. The number of carbonyl (C=O) groups excluding carboxylic acids is 1. The Kier molecular flexibility index (Phi) is 5.17. The van der Waals surface area contributed by atoms with Crippen LogP contribution in [0, 0.1) is 0 Å². The Labute approximate surface area is 136 Å². The molecule has 0 aromatic heterocycles. The van der Waals surface area contributed by atoms with Crippen LogP contribution in [0.1, 0.15) is 10.4 Å². The lowest BCUT2D eigenvalue weighted by atomic mass is 10.1. The third-order valence-corrected chi connectivity index (χ3v) is 3.54. The van der Waals surface area contributed by atoms with Crippen LogP contribution in [-0.4, -0.2) is 12.4 Å². The summed E-state index contributed by atoms with van der Waals surface area (Å²) in [5.41, 5.74) is 0.201. The number of benzene rings is 2. The molecule has 0 unspecified atom stereocenters. The van der Waals surface area contributed by atoms with E-state index in [0.717, 1.165) is 0 Å². The van der Waals surface area contributed by atoms with E-state index < -0.39 is 0 Å². The van der Waals surface area contributed by atoms with Crippen molar-refractivity contribution >= 4 is 52.2 Å². The molecule has 0 radical (unpaired) electrons. The number of hydrogen-bond acceptors (Lipinski definition) is 2. The molecule has 0 fully saturated rings.